The van der Waals surface area contributed by atoms with Crippen molar-refractivity contribution in [1.82, 2.24) is 0 Å². The largest absolute Gasteiger partial charge is 0.409 e. The molecule has 1 aromatic carbocycles. The number of nitrogens with two attached hydrogens (primary N) is 1. The first kappa shape index (κ1) is 13.0. The first-order valence-electron chi connectivity index (χ1n) is 6.05. The molecular weight excluding hydrogens is 250 g/mol. The van der Waals surface area contributed by atoms with E-state index < -0.39 is 0 Å². The molecule has 1 aliphatic rings. The Hall–Kier alpha value is -1.42. The number of oxime groups is 1. The van der Waals surface area contributed by atoms with Crippen LogP contribution in [-0.2, 0) is 0 Å². The number of halogens is 1. The van der Waals surface area contributed by atoms with Crippen molar-refractivity contribution in [2.75, 3.05) is 18.0 Å². The summed E-state index contributed by atoms with van der Waals surface area (Å²) in [6.45, 7) is 6.61. The van der Waals surface area contributed by atoms with Gasteiger partial charge >= 0.3 is 0 Å². The van der Waals surface area contributed by atoms with E-state index in [2.05, 4.69) is 23.9 Å². The lowest BCUT2D eigenvalue weighted by atomic mass is 10.0. The van der Waals surface area contributed by atoms with Gasteiger partial charge in [0.15, 0.2) is 5.84 Å². The van der Waals surface area contributed by atoms with Gasteiger partial charge in [-0.1, -0.05) is 30.6 Å². The molecule has 0 spiro atoms. The van der Waals surface area contributed by atoms with Gasteiger partial charge in [0, 0.05) is 24.3 Å². The maximum Gasteiger partial charge on any atom is 0.171 e. The monoisotopic (exact) mass is 267 g/mol. The molecule has 2 atom stereocenters. The summed E-state index contributed by atoms with van der Waals surface area (Å²) in [4.78, 5) is 2.32. The first-order valence-corrected chi connectivity index (χ1v) is 6.43. The zero-order valence-corrected chi connectivity index (χ0v) is 11.4. The molecule has 0 amide bonds. The minimum Gasteiger partial charge on any atom is -0.409 e. The summed E-state index contributed by atoms with van der Waals surface area (Å²) in [5.41, 5.74) is 7.19. The van der Waals surface area contributed by atoms with Gasteiger partial charge in [-0.05, 0) is 30.0 Å². The maximum atomic E-state index is 8.66. The van der Waals surface area contributed by atoms with Gasteiger partial charge in [0.05, 0.1) is 5.02 Å². The summed E-state index contributed by atoms with van der Waals surface area (Å²) in [5, 5.41) is 12.1. The van der Waals surface area contributed by atoms with E-state index in [0.717, 1.165) is 18.8 Å². The SMILES string of the molecule is CC1CN(c2ccc(C(N)=NO)c(Cl)c2)CC1C. The minimum atomic E-state index is 0.0368. The Labute approximate surface area is 112 Å². The smallest absolute Gasteiger partial charge is 0.171 e. The Bertz CT molecular complexity index is 465. The van der Waals surface area contributed by atoms with Crippen LogP contribution in [0.3, 0.4) is 0 Å². The van der Waals surface area contributed by atoms with E-state index in [9.17, 15) is 0 Å². The summed E-state index contributed by atoms with van der Waals surface area (Å²) in [5.74, 6) is 1.41. The quantitative estimate of drug-likeness (QED) is 0.375. The van der Waals surface area contributed by atoms with Crippen molar-refractivity contribution in [3.8, 4) is 0 Å². The zero-order chi connectivity index (χ0) is 13.3. The van der Waals surface area contributed by atoms with Gasteiger partial charge in [0.1, 0.15) is 0 Å². The van der Waals surface area contributed by atoms with Gasteiger partial charge in [-0.15, -0.1) is 0 Å². The third-order valence-corrected chi connectivity index (χ3v) is 4.00. The normalized spacial score (nSPS) is 24.6. The highest BCUT2D eigenvalue weighted by molar-refractivity contribution is 6.34. The van der Waals surface area contributed by atoms with Crippen LogP contribution in [0.15, 0.2) is 23.4 Å². The Morgan fingerprint density at radius 1 is 1.39 bits per heavy atom. The van der Waals surface area contributed by atoms with Crippen molar-refractivity contribution in [2.24, 2.45) is 22.7 Å². The van der Waals surface area contributed by atoms with E-state index >= 15 is 0 Å². The van der Waals surface area contributed by atoms with Gasteiger partial charge in [-0.3, -0.25) is 0 Å². The number of rotatable bonds is 2. The number of anilines is 1. The van der Waals surface area contributed by atoms with Crippen molar-refractivity contribution in [1.29, 1.82) is 0 Å². The molecule has 0 saturated carbocycles. The third-order valence-electron chi connectivity index (χ3n) is 3.69. The van der Waals surface area contributed by atoms with Crippen molar-refractivity contribution in [3.63, 3.8) is 0 Å². The van der Waals surface area contributed by atoms with Crippen molar-refractivity contribution >= 4 is 23.1 Å². The highest BCUT2D eigenvalue weighted by Gasteiger charge is 2.26. The second-order valence-corrected chi connectivity index (χ2v) is 5.42. The molecule has 2 rings (SSSR count). The second-order valence-electron chi connectivity index (χ2n) is 5.01. The van der Waals surface area contributed by atoms with Crippen LogP contribution >= 0.6 is 11.6 Å². The lowest BCUT2D eigenvalue weighted by Gasteiger charge is -2.19. The first-order chi connectivity index (χ1) is 8.52. The summed E-state index contributed by atoms with van der Waals surface area (Å²) < 4.78 is 0. The topological polar surface area (TPSA) is 61.8 Å². The predicted octanol–water partition coefficient (Wildman–Crippen LogP) is 2.53. The minimum absolute atomic E-state index is 0.0368. The Morgan fingerprint density at radius 3 is 2.50 bits per heavy atom. The average molecular weight is 268 g/mol. The number of amidine groups is 1. The summed E-state index contributed by atoms with van der Waals surface area (Å²) in [7, 11) is 0. The number of nitrogens with zero attached hydrogens (tertiary/aromatic N) is 2. The molecule has 0 bridgehead atoms. The fraction of sp³-hybridized carbons (Fsp3) is 0.462. The lowest BCUT2D eigenvalue weighted by Crippen LogP contribution is -2.20. The Morgan fingerprint density at radius 2 is 2.00 bits per heavy atom. The average Bonchev–Trinajstić information content (AvgIpc) is 2.68. The van der Waals surface area contributed by atoms with Gasteiger partial charge in [-0.2, -0.15) is 0 Å². The van der Waals surface area contributed by atoms with Gasteiger partial charge in [0.25, 0.3) is 0 Å². The zero-order valence-electron chi connectivity index (χ0n) is 10.6. The highest BCUT2D eigenvalue weighted by atomic mass is 35.5. The number of hydrogen-bond donors (Lipinski definition) is 2. The Kier molecular flexibility index (Phi) is 3.66. The van der Waals surface area contributed by atoms with Gasteiger partial charge in [-0.25, -0.2) is 0 Å². The van der Waals surface area contributed by atoms with Crippen LogP contribution in [0.1, 0.15) is 19.4 Å². The van der Waals surface area contributed by atoms with E-state index in [0.29, 0.717) is 22.4 Å². The van der Waals surface area contributed by atoms with E-state index in [4.69, 9.17) is 22.5 Å². The van der Waals surface area contributed by atoms with E-state index in [1.807, 2.05) is 12.1 Å². The summed E-state index contributed by atoms with van der Waals surface area (Å²) in [6, 6.07) is 5.63. The molecule has 4 nitrogen and oxygen atoms in total. The van der Waals surface area contributed by atoms with E-state index in [1.165, 1.54) is 0 Å². The van der Waals surface area contributed by atoms with Crippen molar-refractivity contribution in [3.05, 3.63) is 28.8 Å². The number of benzene rings is 1. The molecule has 0 radical (unpaired) electrons. The van der Waals surface area contributed by atoms with Crippen LogP contribution in [0.25, 0.3) is 0 Å². The Balaban J connectivity index is 2.25. The molecule has 98 valence electrons. The maximum absolute atomic E-state index is 8.66. The van der Waals surface area contributed by atoms with Crippen LogP contribution in [-0.4, -0.2) is 24.1 Å². The van der Waals surface area contributed by atoms with Crippen LogP contribution in [0.5, 0.6) is 0 Å². The fourth-order valence-electron chi connectivity index (χ4n) is 2.30. The molecule has 0 aliphatic carbocycles. The molecule has 3 N–H and O–H groups in total. The molecule has 5 heteroatoms. The second kappa shape index (κ2) is 5.06. The van der Waals surface area contributed by atoms with Crippen molar-refractivity contribution in [2.45, 2.75) is 13.8 Å². The molecule has 1 aromatic rings. The molecular formula is C13H18ClN3O. The standard InChI is InChI=1S/C13H18ClN3O/c1-8-6-17(7-9(8)2)10-3-4-11(12(14)5-10)13(15)16-18/h3-5,8-9,18H,6-7H2,1-2H3,(H2,15,16). The lowest BCUT2D eigenvalue weighted by molar-refractivity contribution is 0.318. The van der Waals surface area contributed by atoms with Gasteiger partial charge in [0.2, 0.25) is 0 Å². The van der Waals surface area contributed by atoms with Crippen LogP contribution in [0.4, 0.5) is 5.69 Å². The fourth-order valence-corrected chi connectivity index (χ4v) is 2.57. The van der Waals surface area contributed by atoms with Crippen LogP contribution in [0, 0.1) is 11.8 Å². The van der Waals surface area contributed by atoms with E-state index in [-0.39, 0.29) is 5.84 Å². The molecule has 1 heterocycles. The molecule has 0 aromatic heterocycles. The molecule has 1 aliphatic heterocycles. The van der Waals surface area contributed by atoms with E-state index in [1.54, 1.807) is 6.07 Å². The van der Waals surface area contributed by atoms with Crippen molar-refractivity contribution < 1.29 is 5.21 Å². The molecule has 1 saturated heterocycles. The molecule has 2 unspecified atom stereocenters. The molecule has 1 fully saturated rings. The highest BCUT2D eigenvalue weighted by Crippen LogP contribution is 2.30. The van der Waals surface area contributed by atoms with Gasteiger partial charge < -0.3 is 15.8 Å². The molecule has 18 heavy (non-hydrogen) atoms. The number of hydrogen-bond acceptors (Lipinski definition) is 3. The third kappa shape index (κ3) is 2.38. The summed E-state index contributed by atoms with van der Waals surface area (Å²) >= 11 is 6.16. The van der Waals surface area contributed by atoms with Crippen LogP contribution in [0.2, 0.25) is 5.02 Å². The summed E-state index contributed by atoms with van der Waals surface area (Å²) in [6.07, 6.45) is 0. The van der Waals surface area contributed by atoms with Crippen LogP contribution < -0.4 is 10.6 Å². The predicted molar refractivity (Wildman–Crippen MR) is 74.5 cm³/mol.